The molecular formula is C23H20F2N6O. The number of halogens is 2. The molecule has 0 bridgehead atoms. The number of aromatic amines is 1. The molecule has 0 unspecified atom stereocenters. The van der Waals surface area contributed by atoms with E-state index in [2.05, 4.69) is 31.9 Å². The molecule has 2 aliphatic rings. The largest absolute Gasteiger partial charge is 0.381 e. The molecule has 2 fully saturated rings. The van der Waals surface area contributed by atoms with Crippen LogP contribution in [-0.4, -0.2) is 50.9 Å². The number of imidazole rings is 1. The zero-order chi connectivity index (χ0) is 21.7. The number of aromatic nitrogens is 5. The summed E-state index contributed by atoms with van der Waals surface area (Å²) in [6.45, 7) is 3.48. The minimum atomic E-state index is -0.709. The van der Waals surface area contributed by atoms with Gasteiger partial charge in [-0.15, -0.1) is 0 Å². The second kappa shape index (κ2) is 7.28. The van der Waals surface area contributed by atoms with Crippen molar-refractivity contribution < 1.29 is 13.5 Å². The highest BCUT2D eigenvalue weighted by atomic mass is 19.1. The SMILES string of the molecule is Fc1cccc(F)c1C#Cc1n[nH]c2nc(N3CCC4(CCOC4)CC3)n3ccnc3c12. The maximum Gasteiger partial charge on any atom is 0.213 e. The number of benzene rings is 1. The molecule has 0 atom stereocenters. The van der Waals surface area contributed by atoms with E-state index in [1.165, 1.54) is 18.2 Å². The average molecular weight is 434 g/mol. The minimum Gasteiger partial charge on any atom is -0.381 e. The molecule has 2 saturated heterocycles. The van der Waals surface area contributed by atoms with Crippen LogP contribution in [0.2, 0.25) is 0 Å². The highest BCUT2D eigenvalue weighted by Crippen LogP contribution is 2.40. The van der Waals surface area contributed by atoms with Gasteiger partial charge in [-0.2, -0.15) is 10.1 Å². The third-order valence-electron chi connectivity index (χ3n) is 6.60. The van der Waals surface area contributed by atoms with Crippen LogP contribution in [0.15, 0.2) is 30.6 Å². The number of hydrogen-bond acceptors (Lipinski definition) is 5. The second-order valence-electron chi connectivity index (χ2n) is 8.46. The van der Waals surface area contributed by atoms with Crippen LogP contribution in [0.1, 0.15) is 30.5 Å². The van der Waals surface area contributed by atoms with Crippen molar-refractivity contribution in [2.24, 2.45) is 5.41 Å². The van der Waals surface area contributed by atoms with E-state index in [9.17, 15) is 8.78 Å². The predicted octanol–water partition coefficient (Wildman–Crippen LogP) is 3.29. The monoisotopic (exact) mass is 434 g/mol. The lowest BCUT2D eigenvalue weighted by Gasteiger charge is -2.38. The van der Waals surface area contributed by atoms with E-state index >= 15 is 0 Å². The topological polar surface area (TPSA) is 71.3 Å². The molecule has 2 aliphatic heterocycles. The van der Waals surface area contributed by atoms with E-state index in [0.29, 0.717) is 27.8 Å². The van der Waals surface area contributed by atoms with Crippen molar-refractivity contribution >= 4 is 22.6 Å². The Morgan fingerprint density at radius 1 is 1.09 bits per heavy atom. The van der Waals surface area contributed by atoms with Crippen LogP contribution >= 0.6 is 0 Å². The Morgan fingerprint density at radius 3 is 2.66 bits per heavy atom. The summed E-state index contributed by atoms with van der Waals surface area (Å²) in [5, 5.41) is 7.79. The van der Waals surface area contributed by atoms with E-state index in [-0.39, 0.29) is 5.56 Å². The molecule has 0 saturated carbocycles. The molecule has 9 heteroatoms. The molecule has 4 aromatic rings. The highest BCUT2D eigenvalue weighted by molar-refractivity contribution is 5.94. The number of hydrogen-bond donors (Lipinski definition) is 1. The maximum atomic E-state index is 14.0. The Labute approximate surface area is 182 Å². The van der Waals surface area contributed by atoms with Crippen LogP contribution in [0.5, 0.6) is 0 Å². The van der Waals surface area contributed by atoms with E-state index in [1.807, 2.05) is 10.6 Å². The van der Waals surface area contributed by atoms with Crippen molar-refractivity contribution in [2.75, 3.05) is 31.2 Å². The van der Waals surface area contributed by atoms with E-state index < -0.39 is 11.6 Å². The summed E-state index contributed by atoms with van der Waals surface area (Å²) in [4.78, 5) is 11.6. The van der Waals surface area contributed by atoms with Crippen molar-refractivity contribution in [1.29, 1.82) is 0 Å². The Bertz CT molecular complexity index is 1360. The van der Waals surface area contributed by atoms with Gasteiger partial charge >= 0.3 is 0 Å². The molecular weight excluding hydrogens is 414 g/mol. The standard InChI is InChI=1S/C23H20F2N6O/c24-16-2-1-3-17(25)15(16)4-5-18-19-20(29-28-18)27-22(31-12-9-26-21(19)31)30-10-6-23(7-11-30)8-13-32-14-23/h1-3,9,12H,6-8,10-11,13-14H2,(H,28,29). The lowest BCUT2D eigenvalue weighted by atomic mass is 9.78. The normalized spacial score (nSPS) is 17.9. The summed E-state index contributed by atoms with van der Waals surface area (Å²) in [5.41, 5.74) is 1.56. The third-order valence-corrected chi connectivity index (χ3v) is 6.60. The number of H-pyrrole nitrogens is 1. The van der Waals surface area contributed by atoms with Gasteiger partial charge in [0.15, 0.2) is 11.3 Å². The molecule has 32 heavy (non-hydrogen) atoms. The van der Waals surface area contributed by atoms with Crippen LogP contribution in [-0.2, 0) is 4.74 Å². The van der Waals surface area contributed by atoms with Crippen molar-refractivity contribution in [1.82, 2.24) is 24.6 Å². The van der Waals surface area contributed by atoms with Gasteiger partial charge in [-0.25, -0.2) is 13.8 Å². The Balaban J connectivity index is 1.39. The summed E-state index contributed by atoms with van der Waals surface area (Å²) >= 11 is 0. The molecule has 5 heterocycles. The fraction of sp³-hybridized carbons (Fsp3) is 0.348. The van der Waals surface area contributed by atoms with Gasteiger partial charge < -0.3 is 9.64 Å². The summed E-state index contributed by atoms with van der Waals surface area (Å²) < 4.78 is 35.5. The maximum absolute atomic E-state index is 14.0. The van der Waals surface area contributed by atoms with Crippen LogP contribution in [0.4, 0.5) is 14.7 Å². The van der Waals surface area contributed by atoms with Crippen LogP contribution in [0.25, 0.3) is 16.7 Å². The van der Waals surface area contributed by atoms with Crippen LogP contribution in [0, 0.1) is 28.9 Å². The molecule has 1 aromatic carbocycles. The highest BCUT2D eigenvalue weighted by Gasteiger charge is 2.38. The Morgan fingerprint density at radius 2 is 1.91 bits per heavy atom. The van der Waals surface area contributed by atoms with Gasteiger partial charge in [0.2, 0.25) is 5.95 Å². The van der Waals surface area contributed by atoms with Crippen molar-refractivity contribution in [3.8, 4) is 11.8 Å². The molecule has 1 N–H and O–H groups in total. The summed E-state index contributed by atoms with van der Waals surface area (Å²) in [6.07, 6.45) is 6.82. The second-order valence-corrected chi connectivity index (χ2v) is 8.46. The van der Waals surface area contributed by atoms with E-state index in [1.54, 1.807) is 6.20 Å². The summed E-state index contributed by atoms with van der Waals surface area (Å²) in [7, 11) is 0. The van der Waals surface area contributed by atoms with Gasteiger partial charge in [-0.3, -0.25) is 9.50 Å². The predicted molar refractivity (Wildman–Crippen MR) is 114 cm³/mol. The number of piperidine rings is 1. The molecule has 0 radical (unpaired) electrons. The first-order chi connectivity index (χ1) is 15.6. The number of nitrogens with zero attached hydrogens (tertiary/aromatic N) is 5. The number of nitrogens with one attached hydrogen (secondary N) is 1. The lowest BCUT2D eigenvalue weighted by Crippen LogP contribution is -2.41. The molecule has 6 rings (SSSR count). The first-order valence-electron chi connectivity index (χ1n) is 10.6. The smallest absolute Gasteiger partial charge is 0.213 e. The minimum absolute atomic E-state index is 0.286. The Hall–Kier alpha value is -3.51. The van der Waals surface area contributed by atoms with Crippen molar-refractivity contribution in [3.05, 3.63) is 53.5 Å². The molecule has 7 nitrogen and oxygen atoms in total. The number of rotatable bonds is 1. The molecule has 0 aliphatic carbocycles. The molecule has 1 spiro atoms. The van der Waals surface area contributed by atoms with Gasteiger partial charge in [0.1, 0.15) is 17.3 Å². The number of fused-ring (bicyclic) bond motifs is 3. The fourth-order valence-corrected chi connectivity index (χ4v) is 4.71. The first kappa shape index (κ1) is 19.2. The van der Waals surface area contributed by atoms with Gasteiger partial charge in [0.05, 0.1) is 17.6 Å². The van der Waals surface area contributed by atoms with Gasteiger partial charge in [0, 0.05) is 32.1 Å². The Kier molecular flexibility index (Phi) is 4.36. The quantitative estimate of drug-likeness (QED) is 0.466. The van der Waals surface area contributed by atoms with Gasteiger partial charge in [-0.1, -0.05) is 12.0 Å². The van der Waals surface area contributed by atoms with Crippen LogP contribution < -0.4 is 4.90 Å². The molecule has 0 amide bonds. The summed E-state index contributed by atoms with van der Waals surface area (Å²) in [6, 6.07) is 3.66. The van der Waals surface area contributed by atoms with Gasteiger partial charge in [0.25, 0.3) is 0 Å². The zero-order valence-electron chi connectivity index (χ0n) is 17.2. The van der Waals surface area contributed by atoms with E-state index in [4.69, 9.17) is 9.72 Å². The molecule has 3 aromatic heterocycles. The average Bonchev–Trinajstić information content (AvgIpc) is 3.53. The van der Waals surface area contributed by atoms with Gasteiger partial charge in [-0.05, 0) is 42.7 Å². The van der Waals surface area contributed by atoms with E-state index in [0.717, 1.165) is 51.5 Å². The van der Waals surface area contributed by atoms with Crippen molar-refractivity contribution in [2.45, 2.75) is 19.3 Å². The van der Waals surface area contributed by atoms with Crippen molar-refractivity contribution in [3.63, 3.8) is 0 Å². The summed E-state index contributed by atoms with van der Waals surface area (Å²) in [5.74, 6) is 4.73. The third kappa shape index (κ3) is 3.02. The number of ether oxygens (including phenoxy) is 1. The molecule has 162 valence electrons. The zero-order valence-corrected chi connectivity index (χ0v) is 17.2. The first-order valence-corrected chi connectivity index (χ1v) is 10.6. The lowest BCUT2D eigenvalue weighted by molar-refractivity contribution is 0.133. The number of anilines is 1. The fourth-order valence-electron chi connectivity index (χ4n) is 4.71. The van der Waals surface area contributed by atoms with Crippen LogP contribution in [0.3, 0.4) is 0 Å².